The summed E-state index contributed by atoms with van der Waals surface area (Å²) < 4.78 is 1.76. The number of nitrogens with one attached hydrogen (secondary N) is 1. The van der Waals surface area contributed by atoms with Crippen LogP contribution in [0, 0.1) is 0 Å². The van der Waals surface area contributed by atoms with Crippen molar-refractivity contribution in [3.8, 4) is 22.1 Å². The number of aromatic nitrogens is 5. The van der Waals surface area contributed by atoms with Crippen molar-refractivity contribution in [2.75, 3.05) is 11.9 Å². The molecule has 7 heteroatoms. The van der Waals surface area contributed by atoms with Crippen molar-refractivity contribution in [2.45, 2.75) is 6.92 Å². The van der Waals surface area contributed by atoms with Crippen molar-refractivity contribution in [2.24, 2.45) is 7.05 Å². The molecule has 0 saturated carbocycles. The minimum absolute atomic E-state index is 0.636. The lowest BCUT2D eigenvalue weighted by Gasteiger charge is -2.06. The molecule has 3 rings (SSSR count). The van der Waals surface area contributed by atoms with Gasteiger partial charge < -0.3 is 5.32 Å². The second-order valence-electron chi connectivity index (χ2n) is 4.23. The number of nitrogens with zero attached hydrogens (tertiary/aromatic N) is 5. The van der Waals surface area contributed by atoms with Crippen LogP contribution in [0.5, 0.6) is 0 Å². The van der Waals surface area contributed by atoms with E-state index in [1.165, 1.54) is 11.3 Å². The van der Waals surface area contributed by atoms with E-state index >= 15 is 0 Å². The maximum absolute atomic E-state index is 4.59. The van der Waals surface area contributed by atoms with Crippen LogP contribution in [0.1, 0.15) is 6.92 Å². The number of rotatable bonds is 4. The molecule has 0 bridgehead atoms. The fourth-order valence-corrected chi connectivity index (χ4v) is 2.42. The summed E-state index contributed by atoms with van der Waals surface area (Å²) in [5, 5.41) is 10.1. The van der Waals surface area contributed by atoms with Crippen LogP contribution in [0.4, 0.5) is 5.82 Å². The second-order valence-corrected chi connectivity index (χ2v) is 5.13. The summed E-state index contributed by atoms with van der Waals surface area (Å²) in [6.45, 7) is 2.84. The van der Waals surface area contributed by atoms with E-state index in [-0.39, 0.29) is 0 Å². The molecule has 0 spiro atoms. The summed E-state index contributed by atoms with van der Waals surface area (Å²) in [5.74, 6) is 1.43. The summed E-state index contributed by atoms with van der Waals surface area (Å²) in [4.78, 5) is 13.4. The van der Waals surface area contributed by atoms with Crippen LogP contribution in [-0.4, -0.2) is 31.3 Å². The second kappa shape index (κ2) is 5.38. The van der Waals surface area contributed by atoms with Gasteiger partial charge in [0.2, 0.25) is 0 Å². The number of aryl methyl sites for hydroxylation is 1. The zero-order valence-electron chi connectivity index (χ0n) is 11.2. The molecule has 0 aliphatic rings. The molecule has 3 aromatic rings. The van der Waals surface area contributed by atoms with Crippen molar-refractivity contribution in [1.29, 1.82) is 0 Å². The number of thiazole rings is 1. The molecule has 0 aliphatic carbocycles. The molecule has 0 radical (unpaired) electrons. The van der Waals surface area contributed by atoms with E-state index in [1.807, 2.05) is 31.6 Å². The number of anilines is 1. The van der Waals surface area contributed by atoms with Crippen molar-refractivity contribution >= 4 is 17.2 Å². The van der Waals surface area contributed by atoms with Gasteiger partial charge in [-0.2, -0.15) is 5.10 Å². The van der Waals surface area contributed by atoms with Crippen molar-refractivity contribution in [3.05, 3.63) is 30.0 Å². The first-order valence-corrected chi connectivity index (χ1v) is 7.16. The Morgan fingerprint density at radius 1 is 1.35 bits per heavy atom. The SMILES string of the molecule is CCNc1cc(-c2cnn(C)c2)nc(-c2nccs2)n1. The molecule has 0 unspecified atom stereocenters. The summed E-state index contributed by atoms with van der Waals surface area (Å²) in [5.41, 5.74) is 1.81. The van der Waals surface area contributed by atoms with Gasteiger partial charge in [-0.25, -0.2) is 15.0 Å². The van der Waals surface area contributed by atoms with E-state index in [2.05, 4.69) is 25.4 Å². The normalized spacial score (nSPS) is 10.7. The minimum atomic E-state index is 0.636. The molecule has 0 amide bonds. The van der Waals surface area contributed by atoms with E-state index in [4.69, 9.17) is 0 Å². The van der Waals surface area contributed by atoms with Gasteiger partial charge in [-0.15, -0.1) is 11.3 Å². The Labute approximate surface area is 120 Å². The molecule has 0 atom stereocenters. The average Bonchev–Trinajstić information content (AvgIpc) is 3.09. The third-order valence-corrected chi connectivity index (χ3v) is 3.48. The van der Waals surface area contributed by atoms with Gasteiger partial charge in [-0.05, 0) is 6.92 Å². The molecule has 0 saturated heterocycles. The van der Waals surface area contributed by atoms with Gasteiger partial charge in [0.05, 0.1) is 11.9 Å². The smallest absolute Gasteiger partial charge is 0.191 e. The maximum Gasteiger partial charge on any atom is 0.191 e. The third-order valence-electron chi connectivity index (χ3n) is 2.71. The lowest BCUT2D eigenvalue weighted by molar-refractivity contribution is 0.768. The molecule has 0 fully saturated rings. The Morgan fingerprint density at radius 2 is 2.25 bits per heavy atom. The Kier molecular flexibility index (Phi) is 3.42. The molecule has 3 aromatic heterocycles. The number of hydrogen-bond acceptors (Lipinski definition) is 6. The van der Waals surface area contributed by atoms with Crippen LogP contribution >= 0.6 is 11.3 Å². The summed E-state index contributed by atoms with van der Waals surface area (Å²) in [6, 6.07) is 1.93. The quantitative estimate of drug-likeness (QED) is 0.797. The van der Waals surface area contributed by atoms with E-state index in [0.29, 0.717) is 5.82 Å². The van der Waals surface area contributed by atoms with Gasteiger partial charge in [0.15, 0.2) is 10.8 Å². The van der Waals surface area contributed by atoms with Gasteiger partial charge in [0, 0.05) is 43.0 Å². The first kappa shape index (κ1) is 12.7. The first-order chi connectivity index (χ1) is 9.76. The van der Waals surface area contributed by atoms with Gasteiger partial charge >= 0.3 is 0 Å². The van der Waals surface area contributed by atoms with Crippen LogP contribution in [-0.2, 0) is 7.05 Å². The van der Waals surface area contributed by atoms with Crippen molar-refractivity contribution in [1.82, 2.24) is 24.7 Å². The lowest BCUT2D eigenvalue weighted by Crippen LogP contribution is -2.02. The van der Waals surface area contributed by atoms with Crippen LogP contribution in [0.3, 0.4) is 0 Å². The highest BCUT2D eigenvalue weighted by molar-refractivity contribution is 7.13. The molecule has 20 heavy (non-hydrogen) atoms. The zero-order chi connectivity index (χ0) is 13.9. The lowest BCUT2D eigenvalue weighted by atomic mass is 10.2. The molecule has 0 aliphatic heterocycles. The van der Waals surface area contributed by atoms with Gasteiger partial charge in [-0.3, -0.25) is 4.68 Å². The molecule has 1 N–H and O–H groups in total. The monoisotopic (exact) mass is 286 g/mol. The predicted octanol–water partition coefficient (Wildman–Crippen LogP) is 2.43. The average molecular weight is 286 g/mol. The van der Waals surface area contributed by atoms with Crippen LogP contribution < -0.4 is 5.32 Å². The van der Waals surface area contributed by atoms with Gasteiger partial charge in [-0.1, -0.05) is 0 Å². The highest BCUT2D eigenvalue weighted by Crippen LogP contribution is 2.25. The molecule has 102 valence electrons. The highest BCUT2D eigenvalue weighted by Gasteiger charge is 2.11. The zero-order valence-corrected chi connectivity index (χ0v) is 12.1. The summed E-state index contributed by atoms with van der Waals surface area (Å²) in [7, 11) is 1.89. The maximum atomic E-state index is 4.59. The molecule has 3 heterocycles. The summed E-state index contributed by atoms with van der Waals surface area (Å²) >= 11 is 1.53. The highest BCUT2D eigenvalue weighted by atomic mass is 32.1. The number of hydrogen-bond donors (Lipinski definition) is 1. The van der Waals surface area contributed by atoms with Crippen molar-refractivity contribution < 1.29 is 0 Å². The van der Waals surface area contributed by atoms with Gasteiger partial charge in [0.25, 0.3) is 0 Å². The fraction of sp³-hybridized carbons (Fsp3) is 0.231. The third kappa shape index (κ3) is 2.53. The van der Waals surface area contributed by atoms with Crippen LogP contribution in [0.2, 0.25) is 0 Å². The van der Waals surface area contributed by atoms with Crippen LogP contribution in [0.25, 0.3) is 22.1 Å². The largest absolute Gasteiger partial charge is 0.370 e. The topological polar surface area (TPSA) is 68.5 Å². The van der Waals surface area contributed by atoms with E-state index in [1.54, 1.807) is 17.1 Å². The fourth-order valence-electron chi connectivity index (χ4n) is 1.85. The molecular weight excluding hydrogens is 272 g/mol. The standard InChI is InChI=1S/C13H14N6S/c1-3-14-11-6-10(9-7-16-19(2)8-9)17-12(18-11)13-15-4-5-20-13/h4-8H,3H2,1-2H3,(H,14,17,18). The van der Waals surface area contributed by atoms with Crippen molar-refractivity contribution in [3.63, 3.8) is 0 Å². The Hall–Kier alpha value is -2.28. The van der Waals surface area contributed by atoms with E-state index in [9.17, 15) is 0 Å². The Morgan fingerprint density at radius 3 is 2.90 bits per heavy atom. The molecular formula is C13H14N6S. The summed E-state index contributed by atoms with van der Waals surface area (Å²) in [6.07, 6.45) is 5.49. The minimum Gasteiger partial charge on any atom is -0.370 e. The Balaban J connectivity index is 2.09. The molecule has 6 nitrogen and oxygen atoms in total. The van der Waals surface area contributed by atoms with Crippen LogP contribution in [0.15, 0.2) is 30.0 Å². The predicted molar refractivity (Wildman–Crippen MR) is 79.5 cm³/mol. The Bertz CT molecular complexity index is 703. The first-order valence-electron chi connectivity index (χ1n) is 6.28. The van der Waals surface area contributed by atoms with Gasteiger partial charge in [0.1, 0.15) is 5.82 Å². The van der Waals surface area contributed by atoms with E-state index < -0.39 is 0 Å². The molecule has 0 aromatic carbocycles. The van der Waals surface area contributed by atoms with E-state index in [0.717, 1.165) is 28.6 Å².